The number of nitrogens with one attached hydrogen (secondary N) is 1. The molecule has 0 unspecified atom stereocenters. The number of anilines is 2. The van der Waals surface area contributed by atoms with Crippen LogP contribution < -0.4 is 10.2 Å². The van der Waals surface area contributed by atoms with Gasteiger partial charge < -0.3 is 10.2 Å². The van der Waals surface area contributed by atoms with Crippen LogP contribution in [0.15, 0.2) is 11.4 Å². The van der Waals surface area contributed by atoms with E-state index < -0.39 is 0 Å². The van der Waals surface area contributed by atoms with Crippen molar-refractivity contribution < 1.29 is 0 Å². The standard InChI is InChI=1S/C14H20N4S/c1-3-7-18(9-10-4-5-10)12-11-6-8-19-13(11)17-14(15-2)16-12/h6,8,10H,3-5,7,9H2,1-2H3,(H,15,16,17). The van der Waals surface area contributed by atoms with Crippen molar-refractivity contribution in [3.8, 4) is 0 Å². The average molecular weight is 276 g/mol. The Morgan fingerprint density at radius 1 is 1.42 bits per heavy atom. The number of fused-ring (bicyclic) bond motifs is 1. The summed E-state index contributed by atoms with van der Waals surface area (Å²) in [6, 6.07) is 2.14. The molecule has 102 valence electrons. The van der Waals surface area contributed by atoms with Gasteiger partial charge in [-0.05, 0) is 36.6 Å². The lowest BCUT2D eigenvalue weighted by atomic mass is 10.3. The highest BCUT2D eigenvalue weighted by molar-refractivity contribution is 7.16. The summed E-state index contributed by atoms with van der Waals surface area (Å²) in [6.07, 6.45) is 3.89. The maximum Gasteiger partial charge on any atom is 0.225 e. The third kappa shape index (κ3) is 2.66. The predicted octanol–water partition coefficient (Wildman–Crippen LogP) is 3.36. The fourth-order valence-electron chi connectivity index (χ4n) is 2.36. The topological polar surface area (TPSA) is 41.1 Å². The van der Waals surface area contributed by atoms with E-state index in [1.54, 1.807) is 11.3 Å². The number of aromatic nitrogens is 2. The molecule has 0 bridgehead atoms. The van der Waals surface area contributed by atoms with Gasteiger partial charge in [-0.15, -0.1) is 11.3 Å². The third-order valence-corrected chi connectivity index (χ3v) is 4.30. The van der Waals surface area contributed by atoms with Gasteiger partial charge >= 0.3 is 0 Å². The minimum atomic E-state index is 0.724. The molecule has 0 atom stereocenters. The van der Waals surface area contributed by atoms with Crippen LogP contribution in [-0.2, 0) is 0 Å². The fourth-order valence-corrected chi connectivity index (χ4v) is 3.12. The van der Waals surface area contributed by atoms with E-state index in [4.69, 9.17) is 4.98 Å². The Morgan fingerprint density at radius 2 is 2.26 bits per heavy atom. The van der Waals surface area contributed by atoms with Crippen molar-refractivity contribution in [1.82, 2.24) is 9.97 Å². The molecule has 0 amide bonds. The number of rotatable bonds is 6. The van der Waals surface area contributed by atoms with Gasteiger partial charge in [-0.3, -0.25) is 0 Å². The normalized spacial score (nSPS) is 14.8. The van der Waals surface area contributed by atoms with E-state index in [2.05, 4.69) is 33.6 Å². The van der Waals surface area contributed by atoms with Gasteiger partial charge in [-0.2, -0.15) is 4.98 Å². The molecule has 1 N–H and O–H groups in total. The molecule has 1 saturated carbocycles. The van der Waals surface area contributed by atoms with Crippen molar-refractivity contribution in [1.29, 1.82) is 0 Å². The minimum Gasteiger partial charge on any atom is -0.357 e. The van der Waals surface area contributed by atoms with Crippen LogP contribution in [0.5, 0.6) is 0 Å². The first-order valence-electron chi connectivity index (χ1n) is 6.99. The van der Waals surface area contributed by atoms with E-state index in [1.807, 2.05) is 7.05 Å². The molecule has 2 aromatic rings. The van der Waals surface area contributed by atoms with Crippen LogP contribution in [-0.4, -0.2) is 30.1 Å². The molecule has 0 aliphatic heterocycles. The molecule has 2 aromatic heterocycles. The van der Waals surface area contributed by atoms with Crippen LogP contribution in [0.3, 0.4) is 0 Å². The first-order chi connectivity index (χ1) is 9.31. The van der Waals surface area contributed by atoms with Crippen LogP contribution in [0.1, 0.15) is 26.2 Å². The number of hydrogen-bond donors (Lipinski definition) is 1. The van der Waals surface area contributed by atoms with E-state index in [1.165, 1.54) is 18.2 Å². The van der Waals surface area contributed by atoms with E-state index in [9.17, 15) is 0 Å². The summed E-state index contributed by atoms with van der Waals surface area (Å²) < 4.78 is 0. The summed E-state index contributed by atoms with van der Waals surface area (Å²) in [5.41, 5.74) is 0. The Hall–Kier alpha value is -1.36. The first kappa shape index (κ1) is 12.7. The van der Waals surface area contributed by atoms with Crippen LogP contribution >= 0.6 is 11.3 Å². The number of thiophene rings is 1. The van der Waals surface area contributed by atoms with Crippen LogP contribution in [0.2, 0.25) is 0 Å². The molecule has 0 spiro atoms. The molecule has 0 saturated heterocycles. The summed E-state index contributed by atoms with van der Waals surface area (Å²) in [7, 11) is 1.88. The highest BCUT2D eigenvalue weighted by atomic mass is 32.1. The summed E-state index contributed by atoms with van der Waals surface area (Å²) in [5, 5.41) is 6.37. The van der Waals surface area contributed by atoms with Crippen molar-refractivity contribution in [2.45, 2.75) is 26.2 Å². The van der Waals surface area contributed by atoms with Crippen molar-refractivity contribution in [2.24, 2.45) is 5.92 Å². The second-order valence-corrected chi connectivity index (χ2v) is 6.04. The van der Waals surface area contributed by atoms with Crippen molar-refractivity contribution >= 4 is 33.3 Å². The van der Waals surface area contributed by atoms with Crippen LogP contribution in [0.25, 0.3) is 10.2 Å². The quantitative estimate of drug-likeness (QED) is 0.878. The molecule has 19 heavy (non-hydrogen) atoms. The second kappa shape index (κ2) is 5.33. The van der Waals surface area contributed by atoms with E-state index in [0.29, 0.717) is 0 Å². The Morgan fingerprint density at radius 3 is 2.95 bits per heavy atom. The van der Waals surface area contributed by atoms with Gasteiger partial charge in [0.25, 0.3) is 0 Å². The number of nitrogens with zero attached hydrogens (tertiary/aromatic N) is 3. The van der Waals surface area contributed by atoms with E-state index >= 15 is 0 Å². The lowest BCUT2D eigenvalue weighted by Crippen LogP contribution is -2.28. The first-order valence-corrected chi connectivity index (χ1v) is 7.87. The van der Waals surface area contributed by atoms with Crippen molar-refractivity contribution in [2.75, 3.05) is 30.4 Å². The van der Waals surface area contributed by atoms with E-state index in [0.717, 1.165) is 42.0 Å². The summed E-state index contributed by atoms with van der Waals surface area (Å²) in [6.45, 7) is 4.44. The molecular weight excluding hydrogens is 256 g/mol. The van der Waals surface area contributed by atoms with Gasteiger partial charge in [-0.25, -0.2) is 4.98 Å². The Kier molecular flexibility index (Phi) is 3.55. The zero-order valence-electron chi connectivity index (χ0n) is 11.5. The molecule has 2 heterocycles. The third-order valence-electron chi connectivity index (χ3n) is 3.50. The summed E-state index contributed by atoms with van der Waals surface area (Å²) in [5.74, 6) is 2.69. The smallest absolute Gasteiger partial charge is 0.225 e. The largest absolute Gasteiger partial charge is 0.357 e. The average Bonchev–Trinajstić information content (AvgIpc) is 3.11. The zero-order valence-corrected chi connectivity index (χ0v) is 12.3. The van der Waals surface area contributed by atoms with Gasteiger partial charge in [-0.1, -0.05) is 6.92 Å². The molecule has 0 radical (unpaired) electrons. The summed E-state index contributed by atoms with van der Waals surface area (Å²) in [4.78, 5) is 12.7. The lowest BCUT2D eigenvalue weighted by molar-refractivity contribution is 0.701. The van der Waals surface area contributed by atoms with Gasteiger partial charge in [0, 0.05) is 20.1 Å². The molecule has 1 aliphatic rings. The van der Waals surface area contributed by atoms with E-state index in [-0.39, 0.29) is 0 Å². The SMILES string of the molecule is CCCN(CC1CC1)c1nc(NC)nc2sccc12. The second-order valence-electron chi connectivity index (χ2n) is 5.15. The predicted molar refractivity (Wildman–Crippen MR) is 82.2 cm³/mol. The Bertz CT molecular complexity index is 562. The monoisotopic (exact) mass is 276 g/mol. The molecule has 4 nitrogen and oxygen atoms in total. The Labute approximate surface area is 117 Å². The van der Waals surface area contributed by atoms with Gasteiger partial charge in [0.05, 0.1) is 5.39 Å². The van der Waals surface area contributed by atoms with Gasteiger partial charge in [0.15, 0.2) is 0 Å². The van der Waals surface area contributed by atoms with Crippen LogP contribution in [0, 0.1) is 5.92 Å². The van der Waals surface area contributed by atoms with Crippen molar-refractivity contribution in [3.05, 3.63) is 11.4 Å². The molecule has 3 rings (SSSR count). The molecule has 5 heteroatoms. The molecule has 1 aliphatic carbocycles. The van der Waals surface area contributed by atoms with Gasteiger partial charge in [0.1, 0.15) is 10.6 Å². The Balaban J connectivity index is 2.00. The lowest BCUT2D eigenvalue weighted by Gasteiger charge is -2.24. The highest BCUT2D eigenvalue weighted by Crippen LogP contribution is 2.34. The minimum absolute atomic E-state index is 0.724. The molecule has 1 fully saturated rings. The molecule has 0 aromatic carbocycles. The highest BCUT2D eigenvalue weighted by Gasteiger charge is 2.26. The summed E-state index contributed by atoms with van der Waals surface area (Å²) >= 11 is 1.68. The van der Waals surface area contributed by atoms with Crippen molar-refractivity contribution in [3.63, 3.8) is 0 Å². The maximum atomic E-state index is 4.70. The fraction of sp³-hybridized carbons (Fsp3) is 0.571. The maximum absolute atomic E-state index is 4.70. The van der Waals surface area contributed by atoms with Crippen LogP contribution in [0.4, 0.5) is 11.8 Å². The zero-order chi connectivity index (χ0) is 13.2. The van der Waals surface area contributed by atoms with Gasteiger partial charge in [0.2, 0.25) is 5.95 Å². The molecular formula is C14H20N4S. The number of hydrogen-bond acceptors (Lipinski definition) is 5.